The van der Waals surface area contributed by atoms with Crippen LogP contribution in [0, 0.1) is 6.92 Å². The van der Waals surface area contributed by atoms with Gasteiger partial charge in [-0.1, -0.05) is 6.07 Å². The Morgan fingerprint density at radius 2 is 1.81 bits per heavy atom. The van der Waals surface area contributed by atoms with Gasteiger partial charge in [0.05, 0.1) is 0 Å². The summed E-state index contributed by atoms with van der Waals surface area (Å²) in [5, 5.41) is 2.77. The second-order valence-corrected chi connectivity index (χ2v) is 5.13. The standard InChI is InChI=1S/C15H22N4O2/c1-3-17-15(21)19-9-7-18(8-10-19)14(20)12-5-4-6-13(16)11(12)2/h4-6H,3,7-10,16H2,1-2H3,(H,17,21). The van der Waals surface area contributed by atoms with Gasteiger partial charge in [0.2, 0.25) is 0 Å². The summed E-state index contributed by atoms with van der Waals surface area (Å²) in [5.74, 6) is -0.0182. The highest BCUT2D eigenvalue weighted by molar-refractivity contribution is 5.97. The number of hydrogen-bond donors (Lipinski definition) is 2. The summed E-state index contributed by atoms with van der Waals surface area (Å²) in [7, 11) is 0. The Morgan fingerprint density at radius 3 is 2.43 bits per heavy atom. The highest BCUT2D eigenvalue weighted by atomic mass is 16.2. The predicted molar refractivity (Wildman–Crippen MR) is 82.1 cm³/mol. The fraction of sp³-hybridized carbons (Fsp3) is 0.467. The maximum Gasteiger partial charge on any atom is 0.317 e. The monoisotopic (exact) mass is 290 g/mol. The van der Waals surface area contributed by atoms with Crippen molar-refractivity contribution in [1.29, 1.82) is 0 Å². The SMILES string of the molecule is CCNC(=O)N1CCN(C(=O)c2cccc(N)c2C)CC1. The summed E-state index contributed by atoms with van der Waals surface area (Å²) < 4.78 is 0. The van der Waals surface area contributed by atoms with Crippen LogP contribution in [0.4, 0.5) is 10.5 Å². The second-order valence-electron chi connectivity index (χ2n) is 5.13. The fourth-order valence-electron chi connectivity index (χ4n) is 2.43. The number of amides is 3. The third-order valence-corrected chi connectivity index (χ3v) is 3.79. The average molecular weight is 290 g/mol. The summed E-state index contributed by atoms with van der Waals surface area (Å²) in [6.07, 6.45) is 0. The number of anilines is 1. The number of piperazine rings is 1. The molecule has 0 unspecified atom stereocenters. The van der Waals surface area contributed by atoms with E-state index >= 15 is 0 Å². The maximum atomic E-state index is 12.5. The van der Waals surface area contributed by atoms with Gasteiger partial charge in [-0.2, -0.15) is 0 Å². The Morgan fingerprint density at radius 1 is 1.19 bits per heavy atom. The van der Waals surface area contributed by atoms with Gasteiger partial charge in [-0.05, 0) is 31.5 Å². The lowest BCUT2D eigenvalue weighted by Gasteiger charge is -2.35. The smallest absolute Gasteiger partial charge is 0.317 e. The van der Waals surface area contributed by atoms with Crippen molar-refractivity contribution in [2.24, 2.45) is 0 Å². The first kappa shape index (κ1) is 15.2. The first-order valence-electron chi connectivity index (χ1n) is 7.21. The van der Waals surface area contributed by atoms with E-state index in [9.17, 15) is 9.59 Å². The van der Waals surface area contributed by atoms with Gasteiger partial charge in [0.15, 0.2) is 0 Å². The molecule has 1 aliphatic heterocycles. The molecule has 3 N–H and O–H groups in total. The molecule has 0 saturated carbocycles. The number of nitrogens with two attached hydrogens (primary N) is 1. The van der Waals surface area contributed by atoms with E-state index in [0.717, 1.165) is 5.56 Å². The minimum Gasteiger partial charge on any atom is -0.398 e. The van der Waals surface area contributed by atoms with Crippen LogP contribution < -0.4 is 11.1 Å². The van der Waals surface area contributed by atoms with E-state index in [0.29, 0.717) is 44.0 Å². The molecular weight excluding hydrogens is 268 g/mol. The molecule has 21 heavy (non-hydrogen) atoms. The minimum absolute atomic E-state index is 0.0182. The largest absolute Gasteiger partial charge is 0.398 e. The molecular formula is C15H22N4O2. The second kappa shape index (κ2) is 6.47. The van der Waals surface area contributed by atoms with Crippen molar-refractivity contribution in [3.8, 4) is 0 Å². The van der Waals surface area contributed by atoms with E-state index in [1.165, 1.54) is 0 Å². The zero-order valence-electron chi connectivity index (χ0n) is 12.6. The van der Waals surface area contributed by atoms with Crippen molar-refractivity contribution >= 4 is 17.6 Å². The topological polar surface area (TPSA) is 78.7 Å². The van der Waals surface area contributed by atoms with Crippen molar-refractivity contribution in [1.82, 2.24) is 15.1 Å². The molecule has 0 spiro atoms. The Balaban J connectivity index is 2.00. The quantitative estimate of drug-likeness (QED) is 0.800. The van der Waals surface area contributed by atoms with Gasteiger partial charge in [-0.15, -0.1) is 0 Å². The van der Waals surface area contributed by atoms with Crippen LogP contribution >= 0.6 is 0 Å². The molecule has 1 aliphatic rings. The van der Waals surface area contributed by atoms with E-state index < -0.39 is 0 Å². The fourth-order valence-corrected chi connectivity index (χ4v) is 2.43. The molecule has 1 aromatic rings. The van der Waals surface area contributed by atoms with Crippen LogP contribution in [0.3, 0.4) is 0 Å². The molecule has 6 nitrogen and oxygen atoms in total. The van der Waals surface area contributed by atoms with Crippen LogP contribution in [-0.2, 0) is 0 Å². The van der Waals surface area contributed by atoms with Crippen LogP contribution in [0.1, 0.15) is 22.8 Å². The lowest BCUT2D eigenvalue weighted by atomic mass is 10.1. The van der Waals surface area contributed by atoms with Crippen LogP contribution in [0.2, 0.25) is 0 Å². The van der Waals surface area contributed by atoms with E-state index in [1.54, 1.807) is 28.0 Å². The summed E-state index contributed by atoms with van der Waals surface area (Å²) >= 11 is 0. The predicted octanol–water partition coefficient (Wildman–Crippen LogP) is 1.06. The highest BCUT2D eigenvalue weighted by Crippen LogP contribution is 2.18. The normalized spacial score (nSPS) is 15.0. The molecule has 6 heteroatoms. The minimum atomic E-state index is -0.0651. The van der Waals surface area contributed by atoms with Gasteiger partial charge in [-0.25, -0.2) is 4.79 Å². The Bertz CT molecular complexity index is 536. The van der Waals surface area contributed by atoms with Gasteiger partial charge in [0, 0.05) is 44.0 Å². The number of benzene rings is 1. The zero-order chi connectivity index (χ0) is 15.4. The lowest BCUT2D eigenvalue weighted by molar-refractivity contribution is 0.0664. The van der Waals surface area contributed by atoms with Crippen LogP contribution in [0.25, 0.3) is 0 Å². The van der Waals surface area contributed by atoms with E-state index in [4.69, 9.17) is 5.73 Å². The molecule has 3 amide bonds. The summed E-state index contributed by atoms with van der Waals surface area (Å²) in [6, 6.07) is 5.31. The number of urea groups is 1. The summed E-state index contributed by atoms with van der Waals surface area (Å²) in [6.45, 7) is 6.56. The first-order valence-corrected chi connectivity index (χ1v) is 7.21. The maximum absolute atomic E-state index is 12.5. The van der Waals surface area contributed by atoms with E-state index in [-0.39, 0.29) is 11.9 Å². The zero-order valence-corrected chi connectivity index (χ0v) is 12.6. The number of carbonyl (C=O) groups is 2. The van der Waals surface area contributed by atoms with Gasteiger partial charge in [-0.3, -0.25) is 4.79 Å². The van der Waals surface area contributed by atoms with E-state index in [2.05, 4.69) is 5.32 Å². The molecule has 1 saturated heterocycles. The Hall–Kier alpha value is -2.24. The average Bonchev–Trinajstić information content (AvgIpc) is 2.50. The van der Waals surface area contributed by atoms with E-state index in [1.807, 2.05) is 13.8 Å². The van der Waals surface area contributed by atoms with Gasteiger partial charge < -0.3 is 20.9 Å². The first-order chi connectivity index (χ1) is 10.0. The van der Waals surface area contributed by atoms with Crippen molar-refractivity contribution in [3.63, 3.8) is 0 Å². The summed E-state index contributed by atoms with van der Waals surface area (Å²) in [5.41, 5.74) is 7.93. The third kappa shape index (κ3) is 3.26. The number of carbonyl (C=O) groups excluding carboxylic acids is 2. The third-order valence-electron chi connectivity index (χ3n) is 3.79. The van der Waals surface area contributed by atoms with Gasteiger partial charge in [0.25, 0.3) is 5.91 Å². The molecule has 0 aromatic heterocycles. The molecule has 1 heterocycles. The Labute approximate surface area is 124 Å². The van der Waals surface area contributed by atoms with Crippen LogP contribution in [0.5, 0.6) is 0 Å². The molecule has 0 radical (unpaired) electrons. The van der Waals surface area contributed by atoms with Crippen molar-refractivity contribution in [2.45, 2.75) is 13.8 Å². The highest BCUT2D eigenvalue weighted by Gasteiger charge is 2.25. The van der Waals surface area contributed by atoms with Gasteiger partial charge >= 0.3 is 6.03 Å². The molecule has 0 atom stereocenters. The molecule has 1 fully saturated rings. The molecule has 114 valence electrons. The van der Waals surface area contributed by atoms with Crippen LogP contribution in [-0.4, -0.2) is 54.5 Å². The lowest BCUT2D eigenvalue weighted by Crippen LogP contribution is -2.53. The molecule has 2 rings (SSSR count). The molecule has 1 aromatic carbocycles. The van der Waals surface area contributed by atoms with Crippen molar-refractivity contribution in [3.05, 3.63) is 29.3 Å². The molecule has 0 bridgehead atoms. The number of nitrogens with zero attached hydrogens (tertiary/aromatic N) is 2. The van der Waals surface area contributed by atoms with Crippen molar-refractivity contribution in [2.75, 3.05) is 38.5 Å². The molecule has 0 aliphatic carbocycles. The number of hydrogen-bond acceptors (Lipinski definition) is 3. The van der Waals surface area contributed by atoms with Crippen molar-refractivity contribution < 1.29 is 9.59 Å². The van der Waals surface area contributed by atoms with Gasteiger partial charge in [0.1, 0.15) is 0 Å². The Kier molecular flexibility index (Phi) is 4.67. The summed E-state index contributed by atoms with van der Waals surface area (Å²) in [4.78, 5) is 27.8. The number of nitrogen functional groups attached to an aromatic ring is 1. The van der Waals surface area contributed by atoms with Crippen LogP contribution in [0.15, 0.2) is 18.2 Å². The number of nitrogens with one attached hydrogen (secondary N) is 1. The number of rotatable bonds is 2.